The van der Waals surface area contributed by atoms with Crippen LogP contribution in [0.3, 0.4) is 0 Å². The average molecular weight is 390 g/mol. The first-order valence-electron chi connectivity index (χ1n) is 8.40. The molecule has 0 saturated carbocycles. The molecule has 0 saturated heterocycles. The van der Waals surface area contributed by atoms with Crippen LogP contribution in [-0.2, 0) is 6.54 Å². The minimum Gasteiger partial charge on any atom is -0.493 e. The summed E-state index contributed by atoms with van der Waals surface area (Å²) in [6.07, 6.45) is 0. The number of methoxy groups -OCH3 is 1. The van der Waals surface area contributed by atoms with Crippen molar-refractivity contribution in [3.63, 3.8) is 0 Å². The van der Waals surface area contributed by atoms with Crippen molar-refractivity contribution in [3.8, 4) is 23.2 Å². The van der Waals surface area contributed by atoms with Crippen molar-refractivity contribution in [2.45, 2.75) is 32.9 Å². The lowest BCUT2D eigenvalue weighted by molar-refractivity contribution is 0.362. The lowest BCUT2D eigenvalue weighted by Gasteiger charge is -2.21. The number of ether oxygens (including phenoxy) is 2. The van der Waals surface area contributed by atoms with E-state index in [0.717, 1.165) is 17.8 Å². The molecule has 0 aliphatic rings. The van der Waals surface area contributed by atoms with Gasteiger partial charge in [-0.25, -0.2) is 0 Å². The van der Waals surface area contributed by atoms with Gasteiger partial charge in [0.05, 0.1) is 12.8 Å². The molecule has 2 aromatic carbocycles. The zero-order valence-electron chi connectivity index (χ0n) is 15.8. The van der Waals surface area contributed by atoms with Gasteiger partial charge in [0.15, 0.2) is 11.5 Å². The van der Waals surface area contributed by atoms with E-state index < -0.39 is 0 Å². The Kier molecular flexibility index (Phi) is 6.76. The van der Waals surface area contributed by atoms with Gasteiger partial charge in [0, 0.05) is 12.1 Å². The van der Waals surface area contributed by atoms with Crippen LogP contribution >= 0.6 is 12.4 Å². The minimum atomic E-state index is 0. The van der Waals surface area contributed by atoms with E-state index in [2.05, 4.69) is 41.6 Å². The molecule has 1 aromatic heterocycles. The highest BCUT2D eigenvalue weighted by molar-refractivity contribution is 5.85. The van der Waals surface area contributed by atoms with Crippen LogP contribution in [0.5, 0.6) is 17.5 Å². The summed E-state index contributed by atoms with van der Waals surface area (Å²) in [4.78, 5) is 0. The first-order valence-corrected chi connectivity index (χ1v) is 8.40. The molecule has 3 rings (SSSR count). The maximum atomic E-state index is 5.91. The number of rotatable bonds is 6. The molecular formula is C19H24ClN5O2. The first kappa shape index (κ1) is 20.7. The van der Waals surface area contributed by atoms with E-state index in [0.29, 0.717) is 11.5 Å². The van der Waals surface area contributed by atoms with Gasteiger partial charge in [-0.15, -0.1) is 12.4 Å². The molecule has 0 radical (unpaired) electrons. The van der Waals surface area contributed by atoms with Crippen LogP contribution in [0.1, 0.15) is 26.3 Å². The number of halogens is 1. The maximum absolute atomic E-state index is 5.91. The van der Waals surface area contributed by atoms with E-state index >= 15 is 0 Å². The Labute approximate surface area is 165 Å². The molecule has 7 nitrogen and oxygen atoms in total. The molecule has 0 aliphatic heterocycles. The van der Waals surface area contributed by atoms with Crippen LogP contribution in [0.2, 0.25) is 0 Å². The standard InChI is InChI=1S/C19H23N5O2.ClH/c1-19(2,3)20-13-14-10-11-16(17(12-14)25-4)26-18-21-22-23-24(18)15-8-6-5-7-9-15;/h5-12,20H,13H2,1-4H3;1H. The Bertz CT molecular complexity index is 862. The molecule has 8 heteroatoms. The molecule has 1 N–H and O–H groups in total. The van der Waals surface area contributed by atoms with Crippen molar-refractivity contribution in [1.82, 2.24) is 25.5 Å². The van der Waals surface area contributed by atoms with Gasteiger partial charge in [-0.1, -0.05) is 29.4 Å². The minimum absolute atomic E-state index is 0. The number of benzene rings is 2. The average Bonchev–Trinajstić information content (AvgIpc) is 3.09. The van der Waals surface area contributed by atoms with Crippen LogP contribution < -0.4 is 14.8 Å². The lowest BCUT2D eigenvalue weighted by atomic mass is 10.1. The van der Waals surface area contributed by atoms with Crippen LogP contribution in [-0.4, -0.2) is 32.9 Å². The summed E-state index contributed by atoms with van der Waals surface area (Å²) in [5, 5.41) is 15.1. The second-order valence-electron chi connectivity index (χ2n) is 6.90. The molecule has 3 aromatic rings. The van der Waals surface area contributed by atoms with Crippen LogP contribution in [0.25, 0.3) is 5.69 Å². The monoisotopic (exact) mass is 389 g/mol. The molecule has 0 aliphatic carbocycles. The topological polar surface area (TPSA) is 74.1 Å². The number of hydrogen-bond acceptors (Lipinski definition) is 6. The van der Waals surface area contributed by atoms with Gasteiger partial charge in [-0.3, -0.25) is 0 Å². The first-order chi connectivity index (χ1) is 12.5. The second-order valence-corrected chi connectivity index (χ2v) is 6.90. The predicted molar refractivity (Wildman–Crippen MR) is 106 cm³/mol. The number of para-hydroxylation sites is 1. The largest absolute Gasteiger partial charge is 0.493 e. The second kappa shape index (κ2) is 8.83. The molecule has 0 atom stereocenters. The Morgan fingerprint density at radius 3 is 2.44 bits per heavy atom. The van der Waals surface area contributed by atoms with Crippen molar-refractivity contribution in [1.29, 1.82) is 0 Å². The van der Waals surface area contributed by atoms with Crippen LogP contribution in [0.15, 0.2) is 48.5 Å². The highest BCUT2D eigenvalue weighted by Gasteiger charge is 2.15. The molecule has 0 bridgehead atoms. The van der Waals surface area contributed by atoms with Crippen molar-refractivity contribution in [3.05, 3.63) is 54.1 Å². The van der Waals surface area contributed by atoms with Gasteiger partial charge < -0.3 is 14.8 Å². The highest BCUT2D eigenvalue weighted by atomic mass is 35.5. The fourth-order valence-corrected chi connectivity index (χ4v) is 2.35. The van der Waals surface area contributed by atoms with E-state index in [1.54, 1.807) is 7.11 Å². The number of aromatic nitrogens is 4. The summed E-state index contributed by atoms with van der Waals surface area (Å²) in [6.45, 7) is 7.13. The molecule has 0 unspecified atom stereocenters. The van der Waals surface area contributed by atoms with Gasteiger partial charge >= 0.3 is 6.01 Å². The van der Waals surface area contributed by atoms with Crippen LogP contribution in [0.4, 0.5) is 0 Å². The van der Waals surface area contributed by atoms with Crippen molar-refractivity contribution >= 4 is 12.4 Å². The van der Waals surface area contributed by atoms with E-state index in [4.69, 9.17) is 9.47 Å². The van der Waals surface area contributed by atoms with Gasteiger partial charge in [-0.05, 0) is 61.0 Å². The Balaban J connectivity index is 0.00000261. The van der Waals surface area contributed by atoms with Gasteiger partial charge in [-0.2, -0.15) is 4.68 Å². The summed E-state index contributed by atoms with van der Waals surface area (Å²) in [5.74, 6) is 1.18. The number of hydrogen-bond donors (Lipinski definition) is 1. The Morgan fingerprint density at radius 2 is 1.78 bits per heavy atom. The van der Waals surface area contributed by atoms with Crippen molar-refractivity contribution in [2.24, 2.45) is 0 Å². The normalized spacial score (nSPS) is 11.0. The lowest BCUT2D eigenvalue weighted by Crippen LogP contribution is -2.35. The van der Waals surface area contributed by atoms with E-state index in [1.165, 1.54) is 4.68 Å². The number of nitrogens with one attached hydrogen (secondary N) is 1. The molecule has 1 heterocycles. The Morgan fingerprint density at radius 1 is 1.04 bits per heavy atom. The molecule has 0 amide bonds. The molecule has 144 valence electrons. The fourth-order valence-electron chi connectivity index (χ4n) is 2.35. The summed E-state index contributed by atoms with van der Waals surface area (Å²) in [7, 11) is 1.61. The third-order valence-corrected chi connectivity index (χ3v) is 3.69. The van der Waals surface area contributed by atoms with Gasteiger partial charge in [0.1, 0.15) is 0 Å². The Hall–Kier alpha value is -2.64. The van der Waals surface area contributed by atoms with E-state index in [9.17, 15) is 0 Å². The maximum Gasteiger partial charge on any atom is 0.346 e. The van der Waals surface area contributed by atoms with Gasteiger partial charge in [0.2, 0.25) is 0 Å². The zero-order chi connectivity index (χ0) is 18.6. The van der Waals surface area contributed by atoms with Crippen LogP contribution in [0, 0.1) is 0 Å². The quantitative estimate of drug-likeness (QED) is 0.691. The molecular weight excluding hydrogens is 366 g/mol. The summed E-state index contributed by atoms with van der Waals surface area (Å²) < 4.78 is 12.9. The predicted octanol–water partition coefficient (Wildman–Crippen LogP) is 3.77. The zero-order valence-corrected chi connectivity index (χ0v) is 16.7. The third kappa shape index (κ3) is 5.42. The van der Waals surface area contributed by atoms with Gasteiger partial charge in [0.25, 0.3) is 0 Å². The summed E-state index contributed by atoms with van der Waals surface area (Å²) in [5.41, 5.74) is 1.96. The van der Waals surface area contributed by atoms with E-state index in [-0.39, 0.29) is 24.0 Å². The highest BCUT2D eigenvalue weighted by Crippen LogP contribution is 2.32. The molecule has 0 spiro atoms. The fraction of sp³-hybridized carbons (Fsp3) is 0.316. The van der Waals surface area contributed by atoms with Crippen molar-refractivity contribution < 1.29 is 9.47 Å². The number of nitrogens with zero attached hydrogens (tertiary/aromatic N) is 4. The molecule has 0 fully saturated rings. The SMILES string of the molecule is COc1cc(CNC(C)(C)C)ccc1Oc1nnnn1-c1ccccc1.Cl. The van der Waals surface area contributed by atoms with Crippen molar-refractivity contribution in [2.75, 3.05) is 7.11 Å². The van der Waals surface area contributed by atoms with E-state index in [1.807, 2.05) is 48.5 Å². The third-order valence-electron chi connectivity index (χ3n) is 3.69. The summed E-state index contributed by atoms with van der Waals surface area (Å²) >= 11 is 0. The number of tetrazole rings is 1. The smallest absolute Gasteiger partial charge is 0.346 e. The summed E-state index contributed by atoms with van der Waals surface area (Å²) in [6, 6.07) is 15.7. The molecule has 27 heavy (non-hydrogen) atoms.